The first-order valence-corrected chi connectivity index (χ1v) is 6.83. The molecular weight excluding hydrogens is 254 g/mol. The van der Waals surface area contributed by atoms with Gasteiger partial charge < -0.3 is 21.1 Å². The van der Waals surface area contributed by atoms with Gasteiger partial charge in [0.2, 0.25) is 5.91 Å². The molecule has 0 aliphatic carbocycles. The van der Waals surface area contributed by atoms with E-state index >= 15 is 0 Å². The minimum atomic E-state index is -0.621. The van der Waals surface area contributed by atoms with E-state index in [0.29, 0.717) is 19.4 Å². The summed E-state index contributed by atoms with van der Waals surface area (Å²) in [6.07, 6.45) is 2.41. The molecule has 0 spiro atoms. The number of para-hydroxylation sites is 1. The second kappa shape index (κ2) is 6.54. The van der Waals surface area contributed by atoms with Gasteiger partial charge in [-0.15, -0.1) is 0 Å². The van der Waals surface area contributed by atoms with Crippen LogP contribution in [0.3, 0.4) is 0 Å². The van der Waals surface area contributed by atoms with Crippen molar-refractivity contribution in [2.75, 3.05) is 6.54 Å². The number of hydrogen-bond acceptors (Lipinski definition) is 3. The van der Waals surface area contributed by atoms with Crippen molar-refractivity contribution in [3.05, 3.63) is 36.0 Å². The highest BCUT2D eigenvalue weighted by molar-refractivity contribution is 5.84. The highest BCUT2D eigenvalue weighted by Gasteiger charge is 2.11. The Kier molecular flexibility index (Phi) is 4.76. The molecule has 2 aromatic rings. The van der Waals surface area contributed by atoms with Crippen molar-refractivity contribution in [3.8, 4) is 0 Å². The zero-order valence-corrected chi connectivity index (χ0v) is 11.6. The summed E-state index contributed by atoms with van der Waals surface area (Å²) in [6, 6.07) is 7.60. The van der Waals surface area contributed by atoms with Crippen molar-refractivity contribution < 1.29 is 9.90 Å². The van der Waals surface area contributed by atoms with Gasteiger partial charge in [-0.2, -0.15) is 0 Å². The van der Waals surface area contributed by atoms with Crippen molar-refractivity contribution in [2.24, 2.45) is 5.73 Å². The van der Waals surface area contributed by atoms with Crippen LogP contribution in [0.2, 0.25) is 0 Å². The largest absolute Gasteiger partial charge is 0.392 e. The molecule has 2 rings (SSSR count). The predicted molar refractivity (Wildman–Crippen MR) is 79.3 cm³/mol. The summed E-state index contributed by atoms with van der Waals surface area (Å²) in [5, 5.41) is 13.1. The first kappa shape index (κ1) is 14.6. The fourth-order valence-electron chi connectivity index (χ4n) is 2.08. The fraction of sp³-hybridized carbons (Fsp3) is 0.400. The molecule has 0 fully saturated rings. The molecule has 1 aromatic heterocycles. The summed E-state index contributed by atoms with van der Waals surface area (Å²) in [7, 11) is 0. The maximum Gasteiger partial charge on any atom is 0.220 e. The zero-order chi connectivity index (χ0) is 14.5. The molecule has 0 saturated carbocycles. The van der Waals surface area contributed by atoms with Crippen LogP contribution in [-0.2, 0) is 11.2 Å². The van der Waals surface area contributed by atoms with Gasteiger partial charge in [0.15, 0.2) is 0 Å². The summed E-state index contributed by atoms with van der Waals surface area (Å²) in [5.41, 5.74) is 7.88. The molecule has 2 atom stereocenters. The first-order chi connectivity index (χ1) is 9.58. The van der Waals surface area contributed by atoms with Crippen molar-refractivity contribution in [2.45, 2.75) is 31.9 Å². The number of hydrogen-bond donors (Lipinski definition) is 4. The van der Waals surface area contributed by atoms with E-state index in [2.05, 4.69) is 10.3 Å². The number of aliphatic hydroxyl groups is 1. The molecule has 5 N–H and O–H groups in total. The van der Waals surface area contributed by atoms with E-state index < -0.39 is 12.1 Å². The molecule has 20 heavy (non-hydrogen) atoms. The minimum Gasteiger partial charge on any atom is -0.392 e. The highest BCUT2D eigenvalue weighted by Crippen LogP contribution is 2.18. The van der Waals surface area contributed by atoms with Crippen LogP contribution in [0.15, 0.2) is 30.5 Å². The number of fused-ring (bicyclic) bond motifs is 1. The van der Waals surface area contributed by atoms with Crippen LogP contribution in [0.5, 0.6) is 0 Å². The molecule has 0 radical (unpaired) electrons. The molecule has 0 aliphatic heterocycles. The lowest BCUT2D eigenvalue weighted by Gasteiger charge is -2.15. The number of carbonyl (C=O) groups excluding carboxylic acids is 1. The maximum absolute atomic E-state index is 11.7. The van der Waals surface area contributed by atoms with E-state index in [1.165, 1.54) is 0 Å². The summed E-state index contributed by atoms with van der Waals surface area (Å²) in [5.74, 6) is -0.0496. The highest BCUT2D eigenvalue weighted by atomic mass is 16.3. The maximum atomic E-state index is 11.7. The van der Waals surface area contributed by atoms with Gasteiger partial charge in [0, 0.05) is 36.1 Å². The first-order valence-electron chi connectivity index (χ1n) is 6.83. The molecule has 1 aromatic carbocycles. The van der Waals surface area contributed by atoms with Crippen molar-refractivity contribution in [1.82, 2.24) is 10.3 Å². The van der Waals surface area contributed by atoms with Gasteiger partial charge in [-0.25, -0.2) is 0 Å². The summed E-state index contributed by atoms with van der Waals surface area (Å²) < 4.78 is 0. The molecule has 5 nitrogen and oxygen atoms in total. The third kappa shape index (κ3) is 3.59. The number of aliphatic hydroxyl groups excluding tert-OH is 1. The van der Waals surface area contributed by atoms with Crippen LogP contribution in [-0.4, -0.2) is 34.7 Å². The Hall–Kier alpha value is -1.85. The summed E-state index contributed by atoms with van der Waals surface area (Å²) in [4.78, 5) is 14.9. The van der Waals surface area contributed by atoms with Gasteiger partial charge in [-0.05, 0) is 25.0 Å². The van der Waals surface area contributed by atoms with Crippen LogP contribution in [0.1, 0.15) is 18.9 Å². The van der Waals surface area contributed by atoms with E-state index in [1.807, 2.05) is 30.5 Å². The number of amides is 1. The predicted octanol–water partition coefficient (Wildman–Crippen LogP) is 0.925. The molecule has 0 aliphatic rings. The second-order valence-corrected chi connectivity index (χ2v) is 5.07. The van der Waals surface area contributed by atoms with Crippen LogP contribution in [0.25, 0.3) is 10.9 Å². The van der Waals surface area contributed by atoms with Crippen LogP contribution in [0, 0.1) is 0 Å². The van der Waals surface area contributed by atoms with E-state index in [1.54, 1.807) is 6.92 Å². The van der Waals surface area contributed by atoms with Gasteiger partial charge in [0.1, 0.15) is 0 Å². The second-order valence-electron chi connectivity index (χ2n) is 5.07. The van der Waals surface area contributed by atoms with Gasteiger partial charge in [0.25, 0.3) is 0 Å². The summed E-state index contributed by atoms with van der Waals surface area (Å²) in [6.45, 7) is 1.91. The molecule has 1 amide bonds. The number of nitrogens with one attached hydrogen (secondary N) is 2. The normalized spacial score (nSPS) is 14.2. The van der Waals surface area contributed by atoms with Crippen LogP contribution >= 0.6 is 0 Å². The molecule has 108 valence electrons. The number of carbonyl (C=O) groups is 1. The van der Waals surface area contributed by atoms with Gasteiger partial charge >= 0.3 is 0 Å². The SMILES string of the molecule is CC(O)C(N)CNC(=O)CCc1c[nH]c2ccccc12. The summed E-state index contributed by atoms with van der Waals surface area (Å²) >= 11 is 0. The molecule has 5 heteroatoms. The quantitative estimate of drug-likeness (QED) is 0.632. The standard InChI is InChI=1S/C15H21N3O2/c1-10(19)13(16)9-18-15(20)7-6-11-8-17-14-5-3-2-4-12(11)14/h2-5,8,10,13,17,19H,6-7,9,16H2,1H3,(H,18,20). The Labute approximate surface area is 118 Å². The topological polar surface area (TPSA) is 91.1 Å². The molecule has 1 heterocycles. The lowest BCUT2D eigenvalue weighted by Crippen LogP contribution is -2.43. The Bertz CT molecular complexity index is 577. The van der Waals surface area contributed by atoms with Crippen molar-refractivity contribution >= 4 is 16.8 Å². The Balaban J connectivity index is 1.84. The van der Waals surface area contributed by atoms with Crippen LogP contribution < -0.4 is 11.1 Å². The van der Waals surface area contributed by atoms with E-state index in [9.17, 15) is 9.90 Å². The van der Waals surface area contributed by atoms with Gasteiger partial charge in [-0.3, -0.25) is 4.79 Å². The van der Waals surface area contributed by atoms with Gasteiger partial charge in [-0.1, -0.05) is 18.2 Å². The number of rotatable bonds is 6. The Morgan fingerprint density at radius 2 is 2.20 bits per heavy atom. The Morgan fingerprint density at radius 1 is 1.45 bits per heavy atom. The number of aromatic amines is 1. The molecule has 2 unspecified atom stereocenters. The molecule has 0 saturated heterocycles. The van der Waals surface area contributed by atoms with Crippen LogP contribution in [0.4, 0.5) is 0 Å². The third-order valence-corrected chi connectivity index (χ3v) is 3.45. The van der Waals surface area contributed by atoms with Crippen molar-refractivity contribution in [1.29, 1.82) is 0 Å². The van der Waals surface area contributed by atoms with E-state index in [4.69, 9.17) is 5.73 Å². The smallest absolute Gasteiger partial charge is 0.220 e. The number of H-pyrrole nitrogens is 1. The zero-order valence-electron chi connectivity index (χ0n) is 11.6. The lowest BCUT2D eigenvalue weighted by molar-refractivity contribution is -0.121. The number of nitrogens with two attached hydrogens (primary N) is 1. The monoisotopic (exact) mass is 275 g/mol. The Morgan fingerprint density at radius 3 is 2.95 bits per heavy atom. The fourth-order valence-corrected chi connectivity index (χ4v) is 2.08. The number of aryl methyl sites for hydroxylation is 1. The number of aromatic nitrogens is 1. The van der Waals surface area contributed by atoms with Crippen molar-refractivity contribution in [3.63, 3.8) is 0 Å². The molecular formula is C15H21N3O2. The minimum absolute atomic E-state index is 0.0496. The lowest BCUT2D eigenvalue weighted by atomic mass is 10.1. The third-order valence-electron chi connectivity index (χ3n) is 3.45. The molecule has 0 bridgehead atoms. The van der Waals surface area contributed by atoms with E-state index in [0.717, 1.165) is 16.5 Å². The average molecular weight is 275 g/mol. The average Bonchev–Trinajstić information content (AvgIpc) is 2.85. The van der Waals surface area contributed by atoms with E-state index in [-0.39, 0.29) is 5.91 Å². The number of benzene rings is 1. The van der Waals surface area contributed by atoms with Gasteiger partial charge in [0.05, 0.1) is 6.10 Å².